The lowest BCUT2D eigenvalue weighted by molar-refractivity contribution is -0.116. The van der Waals surface area contributed by atoms with Gasteiger partial charge in [-0.3, -0.25) is 9.00 Å². The van der Waals surface area contributed by atoms with Crippen LogP contribution in [0.4, 0.5) is 5.69 Å². The summed E-state index contributed by atoms with van der Waals surface area (Å²) < 4.78 is 13.2. The molecular weight excluding hydrogens is 350 g/mol. The summed E-state index contributed by atoms with van der Waals surface area (Å²) in [6.07, 6.45) is 0.865. The number of carbonyl (C=O) groups excluding carboxylic acids is 1. The van der Waals surface area contributed by atoms with Crippen LogP contribution in [0.3, 0.4) is 0 Å². The van der Waals surface area contributed by atoms with Gasteiger partial charge < -0.3 is 4.90 Å². The zero-order valence-corrected chi connectivity index (χ0v) is 13.7. The molecule has 0 saturated heterocycles. The Kier molecular flexibility index (Phi) is 4.22. The second-order valence-corrected chi connectivity index (χ2v) is 7.12. The third-order valence-electron chi connectivity index (χ3n) is 3.52. The Labute approximate surface area is 134 Å². The first-order chi connectivity index (χ1) is 10.2. The number of amides is 1. The number of hydrogen-bond acceptors (Lipinski definition) is 2. The van der Waals surface area contributed by atoms with E-state index < -0.39 is 10.8 Å². The lowest BCUT2D eigenvalue weighted by Crippen LogP contribution is -2.32. The van der Waals surface area contributed by atoms with Crippen LogP contribution < -0.4 is 4.90 Å². The van der Waals surface area contributed by atoms with Crippen molar-refractivity contribution >= 4 is 38.3 Å². The molecule has 108 valence electrons. The van der Waals surface area contributed by atoms with Crippen molar-refractivity contribution in [3.05, 3.63) is 58.6 Å². The first kappa shape index (κ1) is 14.5. The predicted molar refractivity (Wildman–Crippen MR) is 87.9 cm³/mol. The molecule has 0 bridgehead atoms. The lowest BCUT2D eigenvalue weighted by atomic mass is 10.2. The molecule has 0 unspecified atom stereocenters. The first-order valence-corrected chi connectivity index (χ1v) is 8.79. The van der Waals surface area contributed by atoms with Gasteiger partial charge >= 0.3 is 0 Å². The maximum Gasteiger partial charge on any atom is 0.239 e. The smallest absolute Gasteiger partial charge is 0.239 e. The van der Waals surface area contributed by atoms with E-state index in [9.17, 15) is 9.00 Å². The van der Waals surface area contributed by atoms with Crippen molar-refractivity contribution in [2.24, 2.45) is 0 Å². The average molecular weight is 364 g/mol. The predicted octanol–water partition coefficient (Wildman–Crippen LogP) is 3.15. The number of hydrogen-bond donors (Lipinski definition) is 0. The summed E-state index contributed by atoms with van der Waals surface area (Å²) in [7, 11) is -1.34. The van der Waals surface area contributed by atoms with E-state index in [4.69, 9.17) is 0 Å². The van der Waals surface area contributed by atoms with Gasteiger partial charge in [-0.25, -0.2) is 0 Å². The van der Waals surface area contributed by atoms with E-state index in [2.05, 4.69) is 15.9 Å². The second kappa shape index (κ2) is 6.12. The maximum atomic E-state index is 12.4. The van der Waals surface area contributed by atoms with Crippen molar-refractivity contribution in [3.8, 4) is 0 Å². The van der Waals surface area contributed by atoms with Gasteiger partial charge in [-0.2, -0.15) is 0 Å². The Morgan fingerprint density at radius 3 is 2.67 bits per heavy atom. The quantitative estimate of drug-likeness (QED) is 0.839. The summed E-state index contributed by atoms with van der Waals surface area (Å²) in [5, 5.41) is 0. The Hall–Kier alpha value is -1.46. The number of benzene rings is 2. The highest BCUT2D eigenvalue weighted by Crippen LogP contribution is 2.28. The number of nitrogens with zero attached hydrogens (tertiary/aromatic N) is 1. The normalized spacial score (nSPS) is 14.8. The van der Waals surface area contributed by atoms with Crippen LogP contribution in [-0.2, 0) is 22.0 Å². The third kappa shape index (κ3) is 2.94. The van der Waals surface area contributed by atoms with Gasteiger partial charge in [0, 0.05) is 16.7 Å². The van der Waals surface area contributed by atoms with Crippen LogP contribution in [0.1, 0.15) is 5.56 Å². The zero-order chi connectivity index (χ0) is 14.8. The van der Waals surface area contributed by atoms with Crippen LogP contribution in [0.5, 0.6) is 0 Å². The molecule has 1 atom stereocenters. The monoisotopic (exact) mass is 363 g/mol. The Bertz CT molecular complexity index is 717. The summed E-state index contributed by atoms with van der Waals surface area (Å²) in [6, 6.07) is 15.2. The standard InChI is InChI=1S/C16H14BrNO2S/c17-13-6-2-4-8-15(13)21(20)11-16(19)18-10-9-12-5-1-3-7-14(12)18/h1-8H,9-11H2/t21-/m0/s1. The van der Waals surface area contributed by atoms with Gasteiger partial charge in [0.25, 0.3) is 0 Å². The summed E-state index contributed by atoms with van der Waals surface area (Å²) in [5.41, 5.74) is 2.13. The van der Waals surface area contributed by atoms with E-state index in [1.54, 1.807) is 11.0 Å². The number of anilines is 1. The highest BCUT2D eigenvalue weighted by atomic mass is 79.9. The molecule has 2 aromatic rings. The minimum Gasteiger partial charge on any atom is -0.311 e. The van der Waals surface area contributed by atoms with E-state index in [1.807, 2.05) is 42.5 Å². The molecule has 0 saturated carbocycles. The molecule has 0 aromatic heterocycles. The topological polar surface area (TPSA) is 37.4 Å². The van der Waals surface area contributed by atoms with Crippen molar-refractivity contribution < 1.29 is 9.00 Å². The summed E-state index contributed by atoms with van der Waals surface area (Å²) in [4.78, 5) is 14.8. The Morgan fingerprint density at radius 1 is 1.14 bits per heavy atom. The van der Waals surface area contributed by atoms with Crippen LogP contribution in [0, 0.1) is 0 Å². The molecule has 2 aromatic carbocycles. The molecule has 0 spiro atoms. The van der Waals surface area contributed by atoms with Crippen LogP contribution in [0.25, 0.3) is 0 Å². The Morgan fingerprint density at radius 2 is 1.86 bits per heavy atom. The molecule has 0 radical (unpaired) electrons. The highest BCUT2D eigenvalue weighted by molar-refractivity contribution is 9.10. The largest absolute Gasteiger partial charge is 0.311 e. The van der Waals surface area contributed by atoms with Gasteiger partial charge in [0.15, 0.2) is 0 Å². The molecule has 1 amide bonds. The van der Waals surface area contributed by atoms with Gasteiger partial charge in [0.05, 0.1) is 15.7 Å². The number of carbonyl (C=O) groups is 1. The SMILES string of the molecule is O=C(C[S@](=O)c1ccccc1Br)N1CCc2ccccc21. The molecule has 21 heavy (non-hydrogen) atoms. The number of halogens is 1. The molecule has 1 aliphatic rings. The molecule has 3 rings (SSSR count). The van der Waals surface area contributed by atoms with Crippen LogP contribution >= 0.6 is 15.9 Å². The number of para-hydroxylation sites is 1. The van der Waals surface area contributed by atoms with Gasteiger partial charge in [-0.1, -0.05) is 30.3 Å². The Balaban J connectivity index is 1.76. The molecule has 5 heteroatoms. The van der Waals surface area contributed by atoms with Gasteiger partial charge in [-0.15, -0.1) is 0 Å². The van der Waals surface area contributed by atoms with Crippen LogP contribution in [0.15, 0.2) is 57.9 Å². The van der Waals surface area contributed by atoms with E-state index in [1.165, 1.54) is 5.56 Å². The van der Waals surface area contributed by atoms with Crippen LogP contribution in [-0.4, -0.2) is 22.4 Å². The minimum atomic E-state index is -1.34. The first-order valence-electron chi connectivity index (χ1n) is 6.68. The van der Waals surface area contributed by atoms with E-state index in [0.29, 0.717) is 11.4 Å². The van der Waals surface area contributed by atoms with Crippen molar-refractivity contribution in [1.29, 1.82) is 0 Å². The molecular formula is C16H14BrNO2S. The van der Waals surface area contributed by atoms with E-state index in [0.717, 1.165) is 16.6 Å². The van der Waals surface area contributed by atoms with Gasteiger partial charge in [0.2, 0.25) is 5.91 Å². The fourth-order valence-electron chi connectivity index (χ4n) is 2.49. The van der Waals surface area contributed by atoms with Crippen molar-refractivity contribution in [1.82, 2.24) is 0 Å². The fraction of sp³-hybridized carbons (Fsp3) is 0.188. The summed E-state index contributed by atoms with van der Waals surface area (Å²) in [6.45, 7) is 0.672. The van der Waals surface area contributed by atoms with Crippen LogP contribution in [0.2, 0.25) is 0 Å². The molecule has 1 aliphatic heterocycles. The molecule has 0 aliphatic carbocycles. The number of rotatable bonds is 3. The van der Waals surface area contributed by atoms with Crippen molar-refractivity contribution in [2.75, 3.05) is 17.2 Å². The maximum absolute atomic E-state index is 12.4. The molecule has 0 N–H and O–H groups in total. The molecule has 3 nitrogen and oxygen atoms in total. The molecule has 1 heterocycles. The zero-order valence-electron chi connectivity index (χ0n) is 11.3. The molecule has 0 fully saturated rings. The van der Waals surface area contributed by atoms with Gasteiger partial charge in [0.1, 0.15) is 5.75 Å². The number of fused-ring (bicyclic) bond motifs is 1. The van der Waals surface area contributed by atoms with Gasteiger partial charge in [-0.05, 0) is 46.1 Å². The minimum absolute atomic E-state index is 0.0109. The highest BCUT2D eigenvalue weighted by Gasteiger charge is 2.25. The van der Waals surface area contributed by atoms with Crippen molar-refractivity contribution in [3.63, 3.8) is 0 Å². The summed E-state index contributed by atoms with van der Waals surface area (Å²) in [5.74, 6) is -0.0780. The second-order valence-electron chi connectivity index (χ2n) is 4.84. The van der Waals surface area contributed by atoms with Crippen molar-refractivity contribution in [2.45, 2.75) is 11.3 Å². The fourth-order valence-corrected chi connectivity index (χ4v) is 4.37. The third-order valence-corrected chi connectivity index (χ3v) is 5.83. The average Bonchev–Trinajstić information content (AvgIpc) is 2.91. The van der Waals surface area contributed by atoms with E-state index >= 15 is 0 Å². The van der Waals surface area contributed by atoms with E-state index in [-0.39, 0.29) is 11.7 Å². The summed E-state index contributed by atoms with van der Waals surface area (Å²) >= 11 is 3.38. The lowest BCUT2D eigenvalue weighted by Gasteiger charge is -2.17.